The monoisotopic (exact) mass is 383 g/mol. The van der Waals surface area contributed by atoms with E-state index in [-0.39, 0.29) is 25.8 Å². The highest BCUT2D eigenvalue weighted by Crippen LogP contribution is 2.29. The quantitative estimate of drug-likeness (QED) is 0.617. The number of nitro benzene ring substituents is 1. The molecular weight excluding hydrogens is 370 g/mol. The first kappa shape index (κ1) is 17.5. The van der Waals surface area contributed by atoms with Crippen molar-refractivity contribution >= 4 is 37.9 Å². The number of aromatic nitrogens is 1. The number of anilines is 1. The van der Waals surface area contributed by atoms with Gasteiger partial charge in [0, 0.05) is 18.7 Å². The summed E-state index contributed by atoms with van der Waals surface area (Å²) in [6.07, 6.45) is 2.02. The Morgan fingerprint density at radius 1 is 1.36 bits per heavy atom. The molecule has 9 nitrogen and oxygen atoms in total. The number of nitrogens with zero attached hydrogens (tertiary/aromatic N) is 2. The fourth-order valence-corrected chi connectivity index (χ4v) is 4.71. The molecule has 25 heavy (non-hydrogen) atoms. The predicted octanol–water partition coefficient (Wildman–Crippen LogP) is 2.00. The molecule has 0 spiro atoms. The molecule has 1 aromatic heterocycles. The molecule has 0 unspecified atom stereocenters. The normalized spacial score (nSPS) is 17.4. The highest BCUT2D eigenvalue weighted by molar-refractivity contribution is 7.93. The van der Waals surface area contributed by atoms with E-state index in [1.165, 1.54) is 0 Å². The molecule has 3 rings (SSSR count). The van der Waals surface area contributed by atoms with Gasteiger partial charge in [0.25, 0.3) is 11.6 Å². The van der Waals surface area contributed by atoms with E-state index in [0.29, 0.717) is 13.0 Å². The van der Waals surface area contributed by atoms with Gasteiger partial charge in [-0.05, 0) is 25.0 Å². The highest BCUT2D eigenvalue weighted by atomic mass is 32.2. The zero-order valence-corrected chi connectivity index (χ0v) is 14.4. The van der Waals surface area contributed by atoms with E-state index in [9.17, 15) is 23.3 Å². The number of benzene rings is 1. The average molecular weight is 383 g/mol. The van der Waals surface area contributed by atoms with Gasteiger partial charge in [-0.1, -0.05) is 11.3 Å². The molecule has 0 aliphatic carbocycles. The van der Waals surface area contributed by atoms with Gasteiger partial charge in [-0.2, -0.15) is 0 Å². The molecule has 0 bridgehead atoms. The van der Waals surface area contributed by atoms with Crippen LogP contribution in [0.2, 0.25) is 0 Å². The van der Waals surface area contributed by atoms with Gasteiger partial charge in [0.2, 0.25) is 9.84 Å². The van der Waals surface area contributed by atoms with E-state index in [1.807, 2.05) is 0 Å². The Kier molecular flexibility index (Phi) is 4.79. The number of hydrogen-bond acceptors (Lipinski definition) is 8. The van der Waals surface area contributed by atoms with Crippen LogP contribution in [0.25, 0.3) is 0 Å². The molecule has 1 aliphatic rings. The van der Waals surface area contributed by atoms with Gasteiger partial charge in [0.05, 0.1) is 16.0 Å². The molecule has 1 saturated heterocycles. The minimum Gasteiger partial charge on any atom is -0.368 e. The van der Waals surface area contributed by atoms with Crippen molar-refractivity contribution in [3.05, 3.63) is 40.6 Å². The summed E-state index contributed by atoms with van der Waals surface area (Å²) < 4.78 is 30.3. The van der Waals surface area contributed by atoms with E-state index in [1.54, 1.807) is 0 Å². The number of hydrogen-bond donors (Lipinski definition) is 1. The molecule has 0 saturated carbocycles. The van der Waals surface area contributed by atoms with Crippen molar-refractivity contribution in [2.24, 2.45) is 0 Å². The second-order valence-electron chi connectivity index (χ2n) is 5.23. The number of ether oxygens (including phenoxy) is 1. The smallest absolute Gasteiger partial charge is 0.269 e. The Hall–Kier alpha value is -2.37. The van der Waals surface area contributed by atoms with Crippen LogP contribution in [0.4, 0.5) is 10.8 Å². The first-order chi connectivity index (χ1) is 11.9. The minimum atomic E-state index is -3.86. The minimum absolute atomic E-state index is 0.0657. The molecule has 2 aromatic rings. The molecule has 0 radical (unpaired) electrons. The van der Waals surface area contributed by atoms with Crippen molar-refractivity contribution < 1.29 is 22.9 Å². The lowest BCUT2D eigenvalue weighted by atomic mass is 10.2. The summed E-state index contributed by atoms with van der Waals surface area (Å²) >= 11 is 0.812. The van der Waals surface area contributed by atoms with Gasteiger partial charge in [-0.25, -0.2) is 13.4 Å². The van der Waals surface area contributed by atoms with E-state index in [4.69, 9.17) is 4.74 Å². The predicted molar refractivity (Wildman–Crippen MR) is 88.3 cm³/mol. The first-order valence-corrected chi connectivity index (χ1v) is 9.56. The summed E-state index contributed by atoms with van der Waals surface area (Å²) in [7, 11) is -3.86. The van der Waals surface area contributed by atoms with Crippen molar-refractivity contribution in [3.8, 4) is 0 Å². The zero-order chi connectivity index (χ0) is 18.0. The third kappa shape index (κ3) is 3.67. The maximum absolute atomic E-state index is 12.5. The van der Waals surface area contributed by atoms with Gasteiger partial charge >= 0.3 is 0 Å². The number of thiazole rings is 1. The van der Waals surface area contributed by atoms with Crippen LogP contribution in [-0.4, -0.2) is 36.9 Å². The second-order valence-corrected chi connectivity index (χ2v) is 8.44. The number of sulfone groups is 1. The Labute approximate surface area is 146 Å². The Morgan fingerprint density at radius 2 is 2.08 bits per heavy atom. The van der Waals surface area contributed by atoms with Crippen LogP contribution in [0.5, 0.6) is 0 Å². The van der Waals surface area contributed by atoms with Crippen molar-refractivity contribution in [2.75, 3.05) is 11.9 Å². The largest absolute Gasteiger partial charge is 0.368 e. The standard InChI is InChI=1S/C14H13N3O6S2/c18-13(11-2-1-7-23-11)16-14-15-8-12(24-14)25(21,22)10-5-3-9(4-6-10)17(19)20/h3-6,8,11H,1-2,7H2,(H,15,16,18)/t11-/m0/s1. The lowest BCUT2D eigenvalue weighted by molar-refractivity contribution is -0.384. The number of non-ortho nitro benzene ring substituents is 1. The van der Waals surface area contributed by atoms with Crippen LogP contribution < -0.4 is 5.32 Å². The molecule has 1 fully saturated rings. The molecule has 132 valence electrons. The molecule has 1 aromatic carbocycles. The molecule has 1 atom stereocenters. The summed E-state index contributed by atoms with van der Waals surface area (Å²) in [4.78, 5) is 25.8. The number of amides is 1. The Morgan fingerprint density at radius 3 is 2.68 bits per heavy atom. The van der Waals surface area contributed by atoms with E-state index >= 15 is 0 Å². The van der Waals surface area contributed by atoms with Crippen LogP contribution >= 0.6 is 11.3 Å². The van der Waals surface area contributed by atoms with E-state index in [2.05, 4.69) is 10.3 Å². The SMILES string of the molecule is O=C(Nc1ncc(S(=O)(=O)c2ccc([N+](=O)[O-])cc2)s1)[C@@H]1CCCO1. The van der Waals surface area contributed by atoms with Crippen molar-refractivity contribution in [1.29, 1.82) is 0 Å². The summed E-state index contributed by atoms with van der Waals surface area (Å²) in [5, 5.41) is 13.3. The molecule has 1 amide bonds. The number of nitrogens with one attached hydrogen (secondary N) is 1. The van der Waals surface area contributed by atoms with E-state index in [0.717, 1.165) is 48.2 Å². The number of carbonyl (C=O) groups is 1. The van der Waals surface area contributed by atoms with Gasteiger partial charge in [-0.15, -0.1) is 0 Å². The lowest BCUT2D eigenvalue weighted by Gasteiger charge is -2.07. The van der Waals surface area contributed by atoms with Crippen LogP contribution in [0.3, 0.4) is 0 Å². The molecule has 1 N–H and O–H groups in total. The molecule has 2 heterocycles. The van der Waals surface area contributed by atoms with Crippen molar-refractivity contribution in [2.45, 2.75) is 28.1 Å². The number of carbonyl (C=O) groups excluding carboxylic acids is 1. The second kappa shape index (κ2) is 6.86. The van der Waals surface area contributed by atoms with Crippen LogP contribution in [-0.2, 0) is 19.4 Å². The van der Waals surface area contributed by atoms with Crippen molar-refractivity contribution in [3.63, 3.8) is 0 Å². The maximum Gasteiger partial charge on any atom is 0.269 e. The van der Waals surface area contributed by atoms with Crippen LogP contribution in [0, 0.1) is 10.1 Å². The Bertz CT molecular complexity index is 901. The maximum atomic E-state index is 12.5. The van der Waals surface area contributed by atoms with E-state index < -0.39 is 20.9 Å². The third-order valence-corrected chi connectivity index (χ3v) is 6.70. The van der Waals surface area contributed by atoms with Gasteiger partial charge < -0.3 is 4.74 Å². The highest BCUT2D eigenvalue weighted by Gasteiger charge is 2.26. The van der Waals surface area contributed by atoms with Gasteiger partial charge in [0.1, 0.15) is 10.3 Å². The summed E-state index contributed by atoms with van der Waals surface area (Å²) in [5.41, 5.74) is -0.201. The number of rotatable bonds is 5. The summed E-state index contributed by atoms with van der Waals surface area (Å²) in [5.74, 6) is -0.355. The first-order valence-electron chi connectivity index (χ1n) is 7.26. The van der Waals surface area contributed by atoms with Crippen molar-refractivity contribution in [1.82, 2.24) is 4.98 Å². The van der Waals surface area contributed by atoms with Crippen LogP contribution in [0.1, 0.15) is 12.8 Å². The average Bonchev–Trinajstić information content (AvgIpc) is 3.26. The fraction of sp³-hybridized carbons (Fsp3) is 0.286. The topological polar surface area (TPSA) is 128 Å². The van der Waals surface area contributed by atoms with Gasteiger partial charge in [0.15, 0.2) is 5.13 Å². The van der Waals surface area contributed by atoms with Crippen LogP contribution in [0.15, 0.2) is 39.6 Å². The summed E-state index contributed by atoms with van der Waals surface area (Å²) in [6.45, 7) is 0.524. The zero-order valence-electron chi connectivity index (χ0n) is 12.7. The molecule has 1 aliphatic heterocycles. The fourth-order valence-electron chi connectivity index (χ4n) is 2.27. The molecule has 11 heteroatoms. The Balaban J connectivity index is 1.78. The lowest BCUT2D eigenvalue weighted by Crippen LogP contribution is -2.26. The molecular formula is C14H13N3O6S2. The third-order valence-electron chi connectivity index (χ3n) is 3.56. The number of nitro groups is 1. The summed E-state index contributed by atoms with van der Waals surface area (Å²) in [6, 6.07) is 4.57. The van der Waals surface area contributed by atoms with Gasteiger partial charge in [-0.3, -0.25) is 20.2 Å².